The van der Waals surface area contributed by atoms with Crippen molar-refractivity contribution in [2.45, 2.75) is 39.0 Å². The zero-order chi connectivity index (χ0) is 15.1. The lowest BCUT2D eigenvalue weighted by molar-refractivity contribution is 0.0410. The molecule has 21 heavy (non-hydrogen) atoms. The van der Waals surface area contributed by atoms with Crippen molar-refractivity contribution >= 4 is 11.9 Å². The average Bonchev–Trinajstić information content (AvgIpc) is 2.54. The molecule has 0 bridgehead atoms. The Morgan fingerprint density at radius 1 is 1.05 bits per heavy atom. The predicted octanol–water partition coefficient (Wildman–Crippen LogP) is 3.60. The van der Waals surface area contributed by atoms with Crippen LogP contribution in [-0.4, -0.2) is 25.2 Å². The van der Waals surface area contributed by atoms with Crippen molar-refractivity contribution < 1.29 is 19.1 Å². The first kappa shape index (κ1) is 15.5. The first-order chi connectivity index (χ1) is 10.2. The lowest BCUT2D eigenvalue weighted by Crippen LogP contribution is -2.17. The predicted molar refractivity (Wildman–Crippen MR) is 79.3 cm³/mol. The first-order valence-electron chi connectivity index (χ1n) is 7.65. The third-order valence-electron chi connectivity index (χ3n) is 3.78. The van der Waals surface area contributed by atoms with E-state index in [0.29, 0.717) is 30.3 Å². The van der Waals surface area contributed by atoms with E-state index in [1.165, 1.54) is 25.3 Å². The Kier molecular flexibility index (Phi) is 5.78. The van der Waals surface area contributed by atoms with Gasteiger partial charge in [0.25, 0.3) is 0 Å². The topological polar surface area (TPSA) is 52.6 Å². The minimum absolute atomic E-state index is 0.315. The molecule has 114 valence electrons. The third-order valence-corrected chi connectivity index (χ3v) is 3.78. The monoisotopic (exact) mass is 290 g/mol. The number of hydrogen-bond donors (Lipinski definition) is 0. The molecule has 0 unspecified atom stereocenters. The Hall–Kier alpha value is -1.84. The lowest BCUT2D eigenvalue weighted by Gasteiger charge is -2.21. The van der Waals surface area contributed by atoms with Crippen molar-refractivity contribution in [3.8, 4) is 0 Å². The van der Waals surface area contributed by atoms with Crippen LogP contribution in [0.25, 0.3) is 0 Å². The average molecular weight is 290 g/mol. The van der Waals surface area contributed by atoms with Gasteiger partial charge in [-0.1, -0.05) is 25.3 Å². The molecule has 1 aliphatic carbocycles. The van der Waals surface area contributed by atoms with Crippen LogP contribution < -0.4 is 0 Å². The molecule has 0 aromatic heterocycles. The molecule has 4 heteroatoms. The van der Waals surface area contributed by atoms with Gasteiger partial charge < -0.3 is 9.47 Å². The van der Waals surface area contributed by atoms with Gasteiger partial charge in [0.2, 0.25) is 0 Å². The zero-order valence-corrected chi connectivity index (χ0v) is 12.5. The van der Waals surface area contributed by atoms with E-state index in [9.17, 15) is 9.59 Å². The normalized spacial score (nSPS) is 15.5. The van der Waals surface area contributed by atoms with Gasteiger partial charge in [-0.3, -0.25) is 0 Å². The second-order valence-electron chi connectivity index (χ2n) is 5.40. The van der Waals surface area contributed by atoms with Crippen molar-refractivity contribution in [3.63, 3.8) is 0 Å². The number of rotatable bonds is 5. The molecule has 0 heterocycles. The van der Waals surface area contributed by atoms with Crippen molar-refractivity contribution in [2.75, 3.05) is 13.2 Å². The molecule has 0 atom stereocenters. The molecule has 0 spiro atoms. The summed E-state index contributed by atoms with van der Waals surface area (Å²) in [6.45, 7) is 2.54. The van der Waals surface area contributed by atoms with E-state index in [1.807, 2.05) is 0 Å². The molecule has 1 saturated carbocycles. The van der Waals surface area contributed by atoms with Crippen LogP contribution in [0.1, 0.15) is 59.7 Å². The maximum absolute atomic E-state index is 12.0. The molecular formula is C17H22O4. The number of carbonyl (C=O) groups excluding carboxylic acids is 2. The van der Waals surface area contributed by atoms with Gasteiger partial charge in [-0.05, 0) is 43.9 Å². The van der Waals surface area contributed by atoms with Gasteiger partial charge in [-0.15, -0.1) is 0 Å². The highest BCUT2D eigenvalue weighted by molar-refractivity contribution is 5.95. The van der Waals surface area contributed by atoms with Gasteiger partial charge in [0, 0.05) is 0 Å². The summed E-state index contributed by atoms with van der Waals surface area (Å²) in [5.74, 6) is -0.304. The fourth-order valence-corrected chi connectivity index (χ4v) is 2.62. The summed E-state index contributed by atoms with van der Waals surface area (Å²) in [5, 5.41) is 0. The molecule has 1 aromatic carbocycles. The fraction of sp³-hybridized carbons (Fsp3) is 0.529. The van der Waals surface area contributed by atoms with Crippen LogP contribution in [0.5, 0.6) is 0 Å². The minimum Gasteiger partial charge on any atom is -0.462 e. The number of ether oxygens (including phenoxy) is 2. The van der Waals surface area contributed by atoms with E-state index in [1.54, 1.807) is 25.1 Å². The van der Waals surface area contributed by atoms with Crippen molar-refractivity contribution in [2.24, 2.45) is 5.92 Å². The largest absolute Gasteiger partial charge is 0.462 e. The molecule has 0 radical (unpaired) electrons. The second-order valence-corrected chi connectivity index (χ2v) is 5.40. The minimum atomic E-state index is -0.417. The van der Waals surface area contributed by atoms with Gasteiger partial charge in [0.1, 0.15) is 0 Å². The number of carbonyl (C=O) groups is 2. The molecular weight excluding hydrogens is 268 g/mol. The summed E-state index contributed by atoms with van der Waals surface area (Å²) in [7, 11) is 0. The quantitative estimate of drug-likeness (QED) is 0.777. The van der Waals surface area contributed by atoms with Crippen LogP contribution >= 0.6 is 0 Å². The molecule has 0 saturated heterocycles. The van der Waals surface area contributed by atoms with Crippen LogP contribution in [0.15, 0.2) is 24.3 Å². The molecule has 4 nitrogen and oxygen atoms in total. The van der Waals surface area contributed by atoms with E-state index in [2.05, 4.69) is 0 Å². The van der Waals surface area contributed by atoms with Gasteiger partial charge in [0.05, 0.1) is 24.3 Å². The van der Waals surface area contributed by atoms with E-state index in [-0.39, 0.29) is 5.97 Å². The summed E-state index contributed by atoms with van der Waals surface area (Å²) in [6.07, 6.45) is 6.00. The summed E-state index contributed by atoms with van der Waals surface area (Å²) in [5.41, 5.74) is 0.778. The van der Waals surface area contributed by atoms with Gasteiger partial charge in [-0.25, -0.2) is 9.59 Å². The van der Waals surface area contributed by atoms with Crippen LogP contribution in [-0.2, 0) is 9.47 Å². The molecule has 1 aliphatic rings. The Morgan fingerprint density at radius 3 is 2.29 bits per heavy atom. The zero-order valence-electron chi connectivity index (χ0n) is 12.5. The Balaban J connectivity index is 1.92. The van der Waals surface area contributed by atoms with E-state index in [0.717, 1.165) is 12.8 Å². The molecule has 1 fully saturated rings. The highest BCUT2D eigenvalue weighted by Gasteiger charge is 2.17. The highest BCUT2D eigenvalue weighted by Crippen LogP contribution is 2.24. The van der Waals surface area contributed by atoms with Crippen LogP contribution in [0, 0.1) is 5.92 Å². The van der Waals surface area contributed by atoms with Crippen LogP contribution in [0.4, 0.5) is 0 Å². The van der Waals surface area contributed by atoms with Gasteiger partial charge in [0.15, 0.2) is 0 Å². The highest BCUT2D eigenvalue weighted by atomic mass is 16.5. The number of benzene rings is 1. The molecule has 0 amide bonds. The summed E-state index contributed by atoms with van der Waals surface area (Å²) >= 11 is 0. The van der Waals surface area contributed by atoms with Crippen molar-refractivity contribution in [3.05, 3.63) is 35.4 Å². The maximum atomic E-state index is 12.0. The lowest BCUT2D eigenvalue weighted by atomic mass is 9.90. The smallest absolute Gasteiger partial charge is 0.338 e. The van der Waals surface area contributed by atoms with E-state index in [4.69, 9.17) is 9.47 Å². The molecule has 0 N–H and O–H groups in total. The summed E-state index contributed by atoms with van der Waals surface area (Å²) in [6, 6.07) is 6.49. The number of esters is 2. The van der Waals surface area contributed by atoms with Gasteiger partial charge in [-0.2, -0.15) is 0 Å². The summed E-state index contributed by atoms with van der Waals surface area (Å²) in [4.78, 5) is 23.7. The second kappa shape index (κ2) is 7.81. The maximum Gasteiger partial charge on any atom is 0.338 e. The van der Waals surface area contributed by atoms with Crippen molar-refractivity contribution in [1.29, 1.82) is 0 Å². The Labute approximate surface area is 125 Å². The Bertz CT molecular complexity index is 489. The Morgan fingerprint density at radius 2 is 1.67 bits per heavy atom. The van der Waals surface area contributed by atoms with E-state index >= 15 is 0 Å². The van der Waals surface area contributed by atoms with Gasteiger partial charge >= 0.3 is 11.9 Å². The summed E-state index contributed by atoms with van der Waals surface area (Å²) < 4.78 is 10.3. The third kappa shape index (κ3) is 4.59. The molecule has 1 aromatic rings. The molecule has 0 aliphatic heterocycles. The van der Waals surface area contributed by atoms with E-state index < -0.39 is 5.97 Å². The number of hydrogen-bond acceptors (Lipinski definition) is 4. The first-order valence-corrected chi connectivity index (χ1v) is 7.65. The van der Waals surface area contributed by atoms with Crippen LogP contribution in [0.3, 0.4) is 0 Å². The fourth-order valence-electron chi connectivity index (χ4n) is 2.62. The molecule has 2 rings (SSSR count). The SMILES string of the molecule is CCOC(=O)c1cccc(C(=O)OCC2CCCCC2)c1. The standard InChI is InChI=1S/C17H22O4/c1-2-20-16(18)14-9-6-10-15(11-14)17(19)21-12-13-7-4-3-5-8-13/h6,9-11,13H,2-5,7-8,12H2,1H3. The van der Waals surface area contributed by atoms with Crippen molar-refractivity contribution in [1.82, 2.24) is 0 Å². The van der Waals surface area contributed by atoms with Crippen LogP contribution in [0.2, 0.25) is 0 Å².